The maximum absolute atomic E-state index is 12.5. The van der Waals surface area contributed by atoms with Crippen LogP contribution in [0.1, 0.15) is 34.3 Å². The first-order valence-electron chi connectivity index (χ1n) is 6.75. The van der Waals surface area contributed by atoms with E-state index < -0.39 is 0 Å². The minimum absolute atomic E-state index is 0.0565. The van der Waals surface area contributed by atoms with Gasteiger partial charge in [-0.3, -0.25) is 4.79 Å². The topological polar surface area (TPSA) is 43.1 Å². The van der Waals surface area contributed by atoms with Crippen LogP contribution in [0.4, 0.5) is 0 Å². The molecule has 1 aliphatic rings. The van der Waals surface area contributed by atoms with Crippen molar-refractivity contribution in [3.63, 3.8) is 0 Å². The summed E-state index contributed by atoms with van der Waals surface area (Å²) in [6.07, 6.45) is 2.25. The number of rotatable bonds is 4. The van der Waals surface area contributed by atoms with Crippen LogP contribution in [0.2, 0.25) is 0 Å². The van der Waals surface area contributed by atoms with Crippen LogP contribution in [0.3, 0.4) is 0 Å². The van der Waals surface area contributed by atoms with E-state index in [-0.39, 0.29) is 11.2 Å². The smallest absolute Gasteiger partial charge is 0.193 e. The fraction of sp³-hybridized carbons (Fsp3) is 0.235. The molecular weight excluding hydrogens is 314 g/mol. The summed E-state index contributed by atoms with van der Waals surface area (Å²) in [4.78, 5) is 12.5. The van der Waals surface area contributed by atoms with Crippen molar-refractivity contribution in [3.8, 4) is 0 Å². The average molecular weight is 330 g/mol. The van der Waals surface area contributed by atoms with Gasteiger partial charge < -0.3 is 5.73 Å². The van der Waals surface area contributed by atoms with Crippen molar-refractivity contribution < 1.29 is 4.79 Å². The van der Waals surface area contributed by atoms with Crippen molar-refractivity contribution in [2.75, 3.05) is 6.54 Å². The van der Waals surface area contributed by atoms with Gasteiger partial charge in [0.25, 0.3) is 0 Å². The van der Waals surface area contributed by atoms with Gasteiger partial charge in [0.1, 0.15) is 0 Å². The number of benzene rings is 2. The highest BCUT2D eigenvalue weighted by atomic mass is 79.9. The summed E-state index contributed by atoms with van der Waals surface area (Å²) in [6, 6.07) is 15.4. The molecule has 0 spiro atoms. The second kappa shape index (κ2) is 5.15. The lowest BCUT2D eigenvalue weighted by Crippen LogP contribution is -2.20. The third-order valence-electron chi connectivity index (χ3n) is 4.07. The Morgan fingerprint density at radius 2 is 1.75 bits per heavy atom. The molecule has 102 valence electrons. The Morgan fingerprint density at radius 1 is 1.10 bits per heavy atom. The molecule has 0 saturated heterocycles. The molecule has 1 aliphatic carbocycles. The summed E-state index contributed by atoms with van der Waals surface area (Å²) >= 11 is 3.40. The Balaban J connectivity index is 1.95. The molecule has 3 rings (SSSR count). The molecular formula is C17H16BrNO. The molecule has 3 heteroatoms. The van der Waals surface area contributed by atoms with E-state index in [1.54, 1.807) is 0 Å². The molecule has 2 nitrogen and oxygen atoms in total. The third kappa shape index (κ3) is 2.43. The quantitative estimate of drug-likeness (QED) is 0.869. The van der Waals surface area contributed by atoms with Gasteiger partial charge >= 0.3 is 0 Å². The molecule has 0 aromatic heterocycles. The molecule has 0 atom stereocenters. The number of nitrogens with two attached hydrogens (primary N) is 1. The standard InChI is InChI=1S/C17H16BrNO/c18-15-6-2-4-13(10-15)16(20)12-3-1-5-14(9-12)17(11-19)7-8-17/h1-6,9-10H,7-8,11,19H2. The highest BCUT2D eigenvalue weighted by Gasteiger charge is 2.42. The minimum atomic E-state index is 0.0565. The lowest BCUT2D eigenvalue weighted by atomic mass is 9.92. The number of hydrogen-bond acceptors (Lipinski definition) is 2. The van der Waals surface area contributed by atoms with Crippen molar-refractivity contribution in [2.45, 2.75) is 18.3 Å². The highest BCUT2D eigenvalue weighted by molar-refractivity contribution is 9.10. The number of hydrogen-bond donors (Lipinski definition) is 1. The molecule has 2 aromatic rings. The highest BCUT2D eigenvalue weighted by Crippen LogP contribution is 2.47. The van der Waals surface area contributed by atoms with Crippen LogP contribution < -0.4 is 5.73 Å². The molecule has 0 heterocycles. The van der Waals surface area contributed by atoms with Gasteiger partial charge in [0, 0.05) is 27.6 Å². The van der Waals surface area contributed by atoms with E-state index in [9.17, 15) is 4.79 Å². The fourth-order valence-corrected chi connectivity index (χ4v) is 2.95. The van der Waals surface area contributed by atoms with Gasteiger partial charge in [-0.1, -0.05) is 46.3 Å². The second-order valence-electron chi connectivity index (χ2n) is 5.40. The van der Waals surface area contributed by atoms with Crippen molar-refractivity contribution in [3.05, 3.63) is 69.7 Å². The summed E-state index contributed by atoms with van der Waals surface area (Å²) in [7, 11) is 0. The van der Waals surface area contributed by atoms with E-state index in [4.69, 9.17) is 5.73 Å². The van der Waals surface area contributed by atoms with Crippen molar-refractivity contribution in [2.24, 2.45) is 5.73 Å². The van der Waals surface area contributed by atoms with E-state index in [2.05, 4.69) is 22.0 Å². The van der Waals surface area contributed by atoms with Gasteiger partial charge in [0.2, 0.25) is 0 Å². The van der Waals surface area contributed by atoms with Crippen molar-refractivity contribution in [1.29, 1.82) is 0 Å². The van der Waals surface area contributed by atoms with Crippen LogP contribution in [0, 0.1) is 0 Å². The summed E-state index contributed by atoms with van der Waals surface area (Å²) in [5.74, 6) is 0.0565. The monoisotopic (exact) mass is 329 g/mol. The van der Waals surface area contributed by atoms with Gasteiger partial charge in [-0.15, -0.1) is 0 Å². The van der Waals surface area contributed by atoms with Crippen molar-refractivity contribution >= 4 is 21.7 Å². The zero-order chi connectivity index (χ0) is 14.2. The number of carbonyl (C=O) groups is 1. The van der Waals surface area contributed by atoms with Gasteiger partial charge in [-0.25, -0.2) is 0 Å². The first-order valence-corrected chi connectivity index (χ1v) is 7.55. The maximum atomic E-state index is 12.5. The zero-order valence-electron chi connectivity index (χ0n) is 11.1. The van der Waals surface area contributed by atoms with E-state index in [0.717, 1.165) is 22.9 Å². The average Bonchev–Trinajstić information content (AvgIpc) is 3.28. The van der Waals surface area contributed by atoms with Crippen molar-refractivity contribution in [1.82, 2.24) is 0 Å². The largest absolute Gasteiger partial charge is 0.330 e. The van der Waals surface area contributed by atoms with E-state index in [1.807, 2.05) is 42.5 Å². The lowest BCUT2D eigenvalue weighted by molar-refractivity contribution is 0.103. The van der Waals surface area contributed by atoms with E-state index >= 15 is 0 Å². The summed E-state index contributed by atoms with van der Waals surface area (Å²) in [5.41, 5.74) is 8.62. The molecule has 1 fully saturated rings. The first kappa shape index (κ1) is 13.5. The predicted octanol–water partition coefficient (Wildman–Crippen LogP) is 3.67. The van der Waals surface area contributed by atoms with Crippen LogP contribution in [0.15, 0.2) is 53.0 Å². The normalized spacial score (nSPS) is 15.9. The molecule has 0 unspecified atom stereocenters. The van der Waals surface area contributed by atoms with Gasteiger partial charge in [0.15, 0.2) is 5.78 Å². The number of halogens is 1. The third-order valence-corrected chi connectivity index (χ3v) is 4.56. The lowest BCUT2D eigenvalue weighted by Gasteiger charge is -2.13. The first-order chi connectivity index (χ1) is 9.64. The Morgan fingerprint density at radius 3 is 2.35 bits per heavy atom. The fourth-order valence-electron chi connectivity index (χ4n) is 2.55. The number of carbonyl (C=O) groups excluding carboxylic acids is 1. The van der Waals surface area contributed by atoms with Crippen LogP contribution in [-0.4, -0.2) is 12.3 Å². The Kier molecular flexibility index (Phi) is 3.48. The molecule has 1 saturated carbocycles. The molecule has 0 amide bonds. The Bertz CT molecular complexity index is 662. The van der Waals surface area contributed by atoms with Gasteiger partial charge in [-0.2, -0.15) is 0 Å². The number of ketones is 1. The van der Waals surface area contributed by atoms with Crippen LogP contribution in [-0.2, 0) is 5.41 Å². The van der Waals surface area contributed by atoms with Crippen LogP contribution in [0.25, 0.3) is 0 Å². The maximum Gasteiger partial charge on any atom is 0.193 e. The second-order valence-corrected chi connectivity index (χ2v) is 6.32. The van der Waals surface area contributed by atoms with E-state index in [0.29, 0.717) is 12.1 Å². The summed E-state index contributed by atoms with van der Waals surface area (Å²) < 4.78 is 0.917. The summed E-state index contributed by atoms with van der Waals surface area (Å²) in [6.45, 7) is 0.654. The molecule has 20 heavy (non-hydrogen) atoms. The molecule has 2 N–H and O–H groups in total. The SMILES string of the molecule is NCC1(c2cccc(C(=O)c3cccc(Br)c3)c2)CC1. The minimum Gasteiger partial charge on any atom is -0.330 e. The summed E-state index contributed by atoms with van der Waals surface area (Å²) in [5, 5.41) is 0. The Labute approximate surface area is 127 Å². The van der Waals surface area contributed by atoms with E-state index in [1.165, 1.54) is 5.56 Å². The predicted molar refractivity (Wildman–Crippen MR) is 84.0 cm³/mol. The van der Waals surface area contributed by atoms with Gasteiger partial charge in [0.05, 0.1) is 0 Å². The van der Waals surface area contributed by atoms with Crippen LogP contribution in [0.5, 0.6) is 0 Å². The molecule has 2 aromatic carbocycles. The Hall–Kier alpha value is -1.45. The molecule has 0 aliphatic heterocycles. The zero-order valence-corrected chi connectivity index (χ0v) is 12.7. The van der Waals surface area contributed by atoms with Gasteiger partial charge in [-0.05, 0) is 36.6 Å². The molecule has 0 bridgehead atoms. The van der Waals surface area contributed by atoms with Crippen LogP contribution >= 0.6 is 15.9 Å². The molecule has 0 radical (unpaired) electrons.